The molecule has 0 radical (unpaired) electrons. The van der Waals surface area contributed by atoms with E-state index in [4.69, 9.17) is 0 Å². The van der Waals surface area contributed by atoms with Gasteiger partial charge in [-0.3, -0.25) is 14.5 Å². The highest BCUT2D eigenvalue weighted by Gasteiger charge is 2.48. The summed E-state index contributed by atoms with van der Waals surface area (Å²) in [6, 6.07) is 13.8. The lowest BCUT2D eigenvalue weighted by Gasteiger charge is -2.23. The standard InChI is InChI=1S/C23H19BrN2O3S/c1-12-4-6-16(7-5-12)20(27)18-19(15-8-10-17(24)11-9-15)26(22(29)21(18)28)23-25-13(2)14(3)30-23/h4-11,19,27H,1-3H3/t19-/m1/s1. The van der Waals surface area contributed by atoms with Crippen molar-refractivity contribution in [2.24, 2.45) is 0 Å². The van der Waals surface area contributed by atoms with Crippen LogP contribution in [0.3, 0.4) is 0 Å². The average molecular weight is 483 g/mol. The van der Waals surface area contributed by atoms with E-state index in [1.807, 2.05) is 57.2 Å². The molecule has 4 rings (SSSR count). The van der Waals surface area contributed by atoms with Crippen LogP contribution in [0.1, 0.15) is 33.3 Å². The molecule has 0 spiro atoms. The third kappa shape index (κ3) is 3.48. The van der Waals surface area contributed by atoms with Gasteiger partial charge < -0.3 is 5.11 Å². The van der Waals surface area contributed by atoms with E-state index in [2.05, 4.69) is 20.9 Å². The Labute approximate surface area is 186 Å². The van der Waals surface area contributed by atoms with Crippen molar-refractivity contribution in [3.63, 3.8) is 0 Å². The smallest absolute Gasteiger partial charge is 0.301 e. The minimum Gasteiger partial charge on any atom is -0.507 e. The van der Waals surface area contributed by atoms with Crippen LogP contribution in [0, 0.1) is 20.8 Å². The predicted octanol–water partition coefficient (Wildman–Crippen LogP) is 5.46. The van der Waals surface area contributed by atoms with Crippen LogP contribution in [0.4, 0.5) is 5.13 Å². The van der Waals surface area contributed by atoms with Crippen LogP contribution in [0.25, 0.3) is 5.76 Å². The molecule has 1 fully saturated rings. The van der Waals surface area contributed by atoms with Crippen molar-refractivity contribution in [3.8, 4) is 0 Å². The van der Waals surface area contributed by atoms with Crippen LogP contribution < -0.4 is 4.90 Å². The van der Waals surface area contributed by atoms with Crippen LogP contribution in [0.5, 0.6) is 0 Å². The maximum atomic E-state index is 13.1. The first-order valence-electron chi connectivity index (χ1n) is 9.35. The Hall–Kier alpha value is -2.77. The Morgan fingerprint density at radius 2 is 1.67 bits per heavy atom. The van der Waals surface area contributed by atoms with Crippen molar-refractivity contribution in [3.05, 3.63) is 85.8 Å². The van der Waals surface area contributed by atoms with Gasteiger partial charge in [0, 0.05) is 14.9 Å². The molecule has 2 aromatic carbocycles. The van der Waals surface area contributed by atoms with Gasteiger partial charge in [0.15, 0.2) is 5.13 Å². The van der Waals surface area contributed by atoms with E-state index >= 15 is 0 Å². The number of aryl methyl sites for hydroxylation is 3. The first kappa shape index (κ1) is 20.5. The third-order valence-corrected chi connectivity index (χ3v) is 6.78. The summed E-state index contributed by atoms with van der Waals surface area (Å²) in [7, 11) is 0. The number of nitrogens with zero attached hydrogens (tertiary/aromatic N) is 2. The van der Waals surface area contributed by atoms with Crippen molar-refractivity contribution < 1.29 is 14.7 Å². The van der Waals surface area contributed by atoms with Gasteiger partial charge in [-0.1, -0.05) is 57.9 Å². The number of amides is 1. The topological polar surface area (TPSA) is 70.5 Å². The van der Waals surface area contributed by atoms with Crippen LogP contribution >= 0.6 is 27.3 Å². The van der Waals surface area contributed by atoms with Crippen LogP contribution in [-0.2, 0) is 9.59 Å². The number of thiazole rings is 1. The Morgan fingerprint density at radius 1 is 1.03 bits per heavy atom. The van der Waals surface area contributed by atoms with E-state index in [-0.39, 0.29) is 11.3 Å². The maximum Gasteiger partial charge on any atom is 0.301 e. The van der Waals surface area contributed by atoms with Crippen molar-refractivity contribution in [1.29, 1.82) is 0 Å². The van der Waals surface area contributed by atoms with Gasteiger partial charge in [-0.15, -0.1) is 11.3 Å². The molecule has 1 aromatic heterocycles. The molecule has 0 saturated carbocycles. The fraction of sp³-hybridized carbons (Fsp3) is 0.174. The average Bonchev–Trinajstić information content (AvgIpc) is 3.18. The van der Waals surface area contributed by atoms with Gasteiger partial charge in [-0.05, 0) is 38.5 Å². The van der Waals surface area contributed by atoms with Crippen molar-refractivity contribution in [2.45, 2.75) is 26.8 Å². The number of halogens is 1. The van der Waals surface area contributed by atoms with Gasteiger partial charge in [-0.25, -0.2) is 4.98 Å². The minimum atomic E-state index is -0.760. The van der Waals surface area contributed by atoms with Crippen LogP contribution in [0.2, 0.25) is 0 Å². The largest absolute Gasteiger partial charge is 0.507 e. The number of carbonyl (C=O) groups is 2. The van der Waals surface area contributed by atoms with Crippen LogP contribution in [-0.4, -0.2) is 21.8 Å². The van der Waals surface area contributed by atoms with E-state index in [1.165, 1.54) is 16.2 Å². The number of benzene rings is 2. The van der Waals surface area contributed by atoms with Gasteiger partial charge in [0.25, 0.3) is 5.78 Å². The Kier molecular flexibility index (Phi) is 5.34. The normalized spacial score (nSPS) is 18.3. The quantitative estimate of drug-likeness (QED) is 0.305. The lowest BCUT2D eigenvalue weighted by molar-refractivity contribution is -0.132. The molecule has 152 valence electrons. The second-order valence-corrected chi connectivity index (χ2v) is 9.32. The number of rotatable bonds is 3. The highest BCUT2D eigenvalue weighted by atomic mass is 79.9. The molecule has 1 saturated heterocycles. The third-order valence-electron chi connectivity index (χ3n) is 5.18. The van der Waals surface area contributed by atoms with Gasteiger partial charge >= 0.3 is 5.91 Å². The molecule has 1 amide bonds. The molecule has 2 heterocycles. The Morgan fingerprint density at radius 3 is 2.23 bits per heavy atom. The number of ketones is 1. The first-order chi connectivity index (χ1) is 14.3. The summed E-state index contributed by atoms with van der Waals surface area (Å²) in [4.78, 5) is 33.0. The molecular weight excluding hydrogens is 464 g/mol. The molecule has 0 unspecified atom stereocenters. The zero-order chi connectivity index (χ0) is 21.6. The molecule has 1 N–H and O–H groups in total. The fourth-order valence-electron chi connectivity index (χ4n) is 3.42. The summed E-state index contributed by atoms with van der Waals surface area (Å²) in [5.41, 5.74) is 3.12. The van der Waals surface area contributed by atoms with E-state index < -0.39 is 17.7 Å². The molecule has 1 aliphatic heterocycles. The summed E-state index contributed by atoms with van der Waals surface area (Å²) in [6.45, 7) is 5.73. The molecule has 7 heteroatoms. The number of carbonyl (C=O) groups excluding carboxylic acids is 2. The summed E-state index contributed by atoms with van der Waals surface area (Å²) in [5, 5.41) is 11.5. The molecule has 0 bridgehead atoms. The molecule has 30 heavy (non-hydrogen) atoms. The highest BCUT2D eigenvalue weighted by Crippen LogP contribution is 2.43. The molecule has 1 atom stereocenters. The second kappa shape index (κ2) is 7.81. The van der Waals surface area contributed by atoms with E-state index in [0.717, 1.165) is 26.2 Å². The molecule has 1 aliphatic rings. The number of aliphatic hydroxyl groups is 1. The van der Waals surface area contributed by atoms with Crippen molar-refractivity contribution >= 4 is 49.8 Å². The van der Waals surface area contributed by atoms with Gasteiger partial charge in [-0.2, -0.15) is 0 Å². The fourth-order valence-corrected chi connectivity index (χ4v) is 4.62. The van der Waals surface area contributed by atoms with Crippen molar-refractivity contribution in [1.82, 2.24) is 4.98 Å². The highest BCUT2D eigenvalue weighted by molar-refractivity contribution is 9.10. The molecular formula is C23H19BrN2O3S. The van der Waals surface area contributed by atoms with E-state index in [9.17, 15) is 14.7 Å². The molecule has 0 aliphatic carbocycles. The first-order valence-corrected chi connectivity index (χ1v) is 11.0. The second-order valence-electron chi connectivity index (χ2n) is 7.22. The van der Waals surface area contributed by atoms with Crippen molar-refractivity contribution in [2.75, 3.05) is 4.90 Å². The minimum absolute atomic E-state index is 0.0664. The zero-order valence-corrected chi connectivity index (χ0v) is 19.0. The number of hydrogen-bond acceptors (Lipinski definition) is 5. The summed E-state index contributed by atoms with van der Waals surface area (Å²) in [5.74, 6) is -1.59. The number of Topliss-reactive ketones (excluding diaryl/α,β-unsaturated/α-hetero) is 1. The Bertz CT molecular complexity index is 1160. The van der Waals surface area contributed by atoms with E-state index in [1.54, 1.807) is 12.1 Å². The number of hydrogen-bond donors (Lipinski definition) is 1. The maximum absolute atomic E-state index is 13.1. The summed E-state index contributed by atoms with van der Waals surface area (Å²) >= 11 is 4.78. The van der Waals surface area contributed by atoms with Gasteiger partial charge in [0.05, 0.1) is 17.3 Å². The number of aromatic nitrogens is 1. The lowest BCUT2D eigenvalue weighted by Crippen LogP contribution is -2.29. The SMILES string of the molecule is Cc1ccc(C(O)=C2C(=O)C(=O)N(c3nc(C)c(C)s3)[C@@H]2c2ccc(Br)cc2)cc1. The summed E-state index contributed by atoms with van der Waals surface area (Å²) in [6.07, 6.45) is 0. The zero-order valence-electron chi connectivity index (χ0n) is 16.6. The number of anilines is 1. The lowest BCUT2D eigenvalue weighted by atomic mass is 9.95. The monoisotopic (exact) mass is 482 g/mol. The van der Waals surface area contributed by atoms with E-state index in [0.29, 0.717) is 10.7 Å². The van der Waals surface area contributed by atoms with Gasteiger partial charge in [0.1, 0.15) is 5.76 Å². The summed E-state index contributed by atoms with van der Waals surface area (Å²) < 4.78 is 0.877. The number of aliphatic hydroxyl groups excluding tert-OH is 1. The molecule has 3 aromatic rings. The Balaban J connectivity index is 1.94. The van der Waals surface area contributed by atoms with Crippen LogP contribution in [0.15, 0.2) is 58.6 Å². The predicted molar refractivity (Wildman–Crippen MR) is 122 cm³/mol. The van der Waals surface area contributed by atoms with Gasteiger partial charge in [0.2, 0.25) is 0 Å². The molecule has 5 nitrogen and oxygen atoms in total.